The summed E-state index contributed by atoms with van der Waals surface area (Å²) in [6, 6.07) is 6.56. The third-order valence-electron chi connectivity index (χ3n) is 8.68. The molecule has 0 fully saturated rings. The maximum atomic E-state index is 12.0. The van der Waals surface area contributed by atoms with E-state index in [0.29, 0.717) is 12.3 Å². The summed E-state index contributed by atoms with van der Waals surface area (Å²) < 4.78 is 19.5. The van der Waals surface area contributed by atoms with E-state index in [0.717, 1.165) is 36.3 Å². The zero-order chi connectivity index (χ0) is 29.7. The third-order valence-corrected chi connectivity index (χ3v) is 18.0. The van der Waals surface area contributed by atoms with Crippen LogP contribution >= 0.6 is 0 Å². The fraction of sp³-hybridized carbons (Fsp3) is 0.903. The highest BCUT2D eigenvalue weighted by Crippen LogP contribution is 2.35. The number of aliphatic hydroxyl groups excluding tert-OH is 1. The Kier molecular flexibility index (Phi) is 16.9. The molecule has 0 saturated heterocycles. The fourth-order valence-corrected chi connectivity index (χ4v) is 11.1. The van der Waals surface area contributed by atoms with Gasteiger partial charge in [-0.2, -0.15) is 0 Å². The normalized spacial score (nSPS) is 16.8. The monoisotopic (exact) mass is 570 g/mol. The Bertz CT molecular complexity index is 712. The topological polar surface area (TPSA) is 65.0 Å². The second-order valence-corrected chi connectivity index (χ2v) is 22.0. The van der Waals surface area contributed by atoms with Crippen LogP contribution in [-0.4, -0.2) is 52.6 Å². The van der Waals surface area contributed by atoms with Crippen LogP contribution < -0.4 is 0 Å². The first-order valence-corrected chi connectivity index (χ1v) is 20.4. The molecule has 0 bridgehead atoms. The molecule has 0 spiro atoms. The molecule has 0 unspecified atom stereocenters. The lowest BCUT2D eigenvalue weighted by Gasteiger charge is -2.43. The predicted molar refractivity (Wildman–Crippen MR) is 166 cm³/mol. The molecule has 0 amide bonds. The van der Waals surface area contributed by atoms with Crippen LogP contribution in [0.2, 0.25) is 36.3 Å². The molecule has 0 aliphatic carbocycles. The molecule has 5 nitrogen and oxygen atoms in total. The van der Waals surface area contributed by atoms with Crippen LogP contribution in [0.15, 0.2) is 0 Å². The van der Waals surface area contributed by atoms with Crippen molar-refractivity contribution in [2.45, 2.75) is 151 Å². The smallest absolute Gasteiger partial charge is 0.312 e. The third kappa shape index (κ3) is 11.4. The van der Waals surface area contributed by atoms with Crippen LogP contribution in [0.3, 0.4) is 0 Å². The lowest BCUT2D eigenvalue weighted by atomic mass is 9.86. The lowest BCUT2D eigenvalue weighted by molar-refractivity contribution is -0.151. The van der Waals surface area contributed by atoms with Crippen molar-refractivity contribution in [3.8, 4) is 11.8 Å². The van der Waals surface area contributed by atoms with Gasteiger partial charge in [-0.05, 0) is 76.3 Å². The van der Waals surface area contributed by atoms with Crippen molar-refractivity contribution in [2.24, 2.45) is 23.2 Å². The van der Waals surface area contributed by atoms with Crippen LogP contribution in [0, 0.1) is 35.0 Å². The van der Waals surface area contributed by atoms with Crippen molar-refractivity contribution >= 4 is 22.6 Å². The van der Waals surface area contributed by atoms with E-state index in [1.807, 2.05) is 27.7 Å². The molecule has 0 heterocycles. The molecule has 1 N–H and O–H groups in total. The van der Waals surface area contributed by atoms with Gasteiger partial charge in [0.2, 0.25) is 0 Å². The molecule has 7 heteroatoms. The molecule has 0 aromatic rings. The Morgan fingerprint density at radius 2 is 1.26 bits per heavy atom. The van der Waals surface area contributed by atoms with Gasteiger partial charge in [-0.25, -0.2) is 0 Å². The minimum absolute atomic E-state index is 0.0437. The number of ether oxygens (including phenoxy) is 1. The number of hydrogen-bond acceptors (Lipinski definition) is 5. The van der Waals surface area contributed by atoms with E-state index in [4.69, 9.17) is 13.6 Å². The molecule has 0 aromatic heterocycles. The summed E-state index contributed by atoms with van der Waals surface area (Å²) in [5, 5.41) is 11.3. The van der Waals surface area contributed by atoms with Crippen LogP contribution in [0.1, 0.15) is 96.4 Å². The van der Waals surface area contributed by atoms with Gasteiger partial charge in [-0.1, -0.05) is 74.2 Å². The molecule has 0 aromatic carbocycles. The minimum Gasteiger partial charge on any atom is -0.452 e. The Hall–Kier alpha value is -0.656. The van der Waals surface area contributed by atoms with Crippen molar-refractivity contribution in [3.63, 3.8) is 0 Å². The Labute approximate surface area is 238 Å². The summed E-state index contributed by atoms with van der Waals surface area (Å²) in [7, 11) is -3.73. The van der Waals surface area contributed by atoms with E-state index in [9.17, 15) is 9.90 Å². The summed E-state index contributed by atoms with van der Waals surface area (Å²) in [6.45, 7) is 27.8. The summed E-state index contributed by atoms with van der Waals surface area (Å²) in [4.78, 5) is 12.0. The second kappa shape index (κ2) is 17.2. The first-order valence-electron chi connectivity index (χ1n) is 15.3. The van der Waals surface area contributed by atoms with Gasteiger partial charge in [0, 0.05) is 11.8 Å². The molecule has 0 saturated carbocycles. The van der Waals surface area contributed by atoms with Gasteiger partial charge in [-0.3, -0.25) is 4.79 Å². The number of rotatable bonds is 17. The zero-order valence-corrected chi connectivity index (χ0v) is 29.2. The highest BCUT2D eigenvalue weighted by Gasteiger charge is 2.41. The maximum absolute atomic E-state index is 12.0. The maximum Gasteiger partial charge on any atom is 0.312 e. The standard InChI is InChI=1S/C31H62O5Si2/c1-14-37(15-2,16-3)35-28(26(10)29(24(7)8)36-38(17-4,18-5)19-6)23-27(32)25(9)21-20-22-34-30(33)31(11,12)13/h24-29,32H,14-19,22-23H2,1-13H3/t25-,26-,27+,28+,29+/m0/s1. The zero-order valence-electron chi connectivity index (χ0n) is 27.2. The van der Waals surface area contributed by atoms with Crippen molar-refractivity contribution in [1.29, 1.82) is 0 Å². The number of carbonyl (C=O) groups excluding carboxylic acids is 1. The minimum atomic E-state index is -1.92. The average molecular weight is 571 g/mol. The summed E-state index contributed by atoms with van der Waals surface area (Å²) in [5.74, 6) is 6.05. The molecule has 5 atom stereocenters. The molecule has 0 aliphatic heterocycles. The van der Waals surface area contributed by atoms with Crippen LogP contribution in [-0.2, 0) is 18.4 Å². The van der Waals surface area contributed by atoms with Crippen LogP contribution in [0.5, 0.6) is 0 Å². The number of esters is 1. The average Bonchev–Trinajstić information content (AvgIpc) is 2.88. The van der Waals surface area contributed by atoms with E-state index < -0.39 is 28.2 Å². The number of carbonyl (C=O) groups is 1. The molecular weight excluding hydrogens is 509 g/mol. The van der Waals surface area contributed by atoms with E-state index in [1.54, 1.807) is 0 Å². The predicted octanol–water partition coefficient (Wildman–Crippen LogP) is 8.04. The van der Waals surface area contributed by atoms with Gasteiger partial charge in [-0.15, -0.1) is 0 Å². The van der Waals surface area contributed by atoms with Crippen LogP contribution in [0.4, 0.5) is 0 Å². The fourth-order valence-electron chi connectivity index (χ4n) is 5.10. The Balaban J connectivity index is 5.94. The highest BCUT2D eigenvalue weighted by molar-refractivity contribution is 6.74. The van der Waals surface area contributed by atoms with Gasteiger partial charge < -0.3 is 18.7 Å². The molecule has 0 aliphatic rings. The molecule has 0 rings (SSSR count). The van der Waals surface area contributed by atoms with Crippen LogP contribution in [0.25, 0.3) is 0 Å². The van der Waals surface area contributed by atoms with Crippen molar-refractivity contribution in [2.75, 3.05) is 6.61 Å². The van der Waals surface area contributed by atoms with Gasteiger partial charge in [0.1, 0.15) is 0 Å². The molecule has 224 valence electrons. The van der Waals surface area contributed by atoms with Crippen molar-refractivity contribution in [1.82, 2.24) is 0 Å². The van der Waals surface area contributed by atoms with E-state index in [1.165, 1.54) is 0 Å². The molecule has 38 heavy (non-hydrogen) atoms. The van der Waals surface area contributed by atoms with Gasteiger partial charge in [0.25, 0.3) is 0 Å². The van der Waals surface area contributed by atoms with Crippen molar-refractivity contribution in [3.05, 3.63) is 0 Å². The van der Waals surface area contributed by atoms with Crippen molar-refractivity contribution < 1.29 is 23.5 Å². The number of aliphatic hydroxyl groups is 1. The highest BCUT2D eigenvalue weighted by atomic mass is 28.4. The van der Waals surface area contributed by atoms with E-state index >= 15 is 0 Å². The lowest BCUT2D eigenvalue weighted by Crippen LogP contribution is -2.50. The van der Waals surface area contributed by atoms with E-state index in [2.05, 4.69) is 74.2 Å². The quantitative estimate of drug-likeness (QED) is 0.109. The summed E-state index contributed by atoms with van der Waals surface area (Å²) >= 11 is 0. The molecule has 0 radical (unpaired) electrons. The van der Waals surface area contributed by atoms with Gasteiger partial charge >= 0.3 is 5.97 Å². The summed E-state index contributed by atoms with van der Waals surface area (Å²) in [5.41, 5.74) is -0.551. The Morgan fingerprint density at radius 1 is 0.816 bits per heavy atom. The Morgan fingerprint density at radius 3 is 1.66 bits per heavy atom. The summed E-state index contributed by atoms with van der Waals surface area (Å²) in [6.07, 6.45) is -0.110. The first-order chi connectivity index (χ1) is 17.6. The largest absolute Gasteiger partial charge is 0.452 e. The SMILES string of the molecule is CC[Si](CC)(CC)O[C@H](C(C)C)[C@@H](C)[C@@H](C[C@@H](O)[C@@H](C)C#CCOC(=O)C(C)(C)C)O[Si](CC)(CC)CC. The van der Waals surface area contributed by atoms with Gasteiger partial charge in [0.15, 0.2) is 23.2 Å². The van der Waals surface area contributed by atoms with E-state index in [-0.39, 0.29) is 36.6 Å². The second-order valence-electron chi connectivity index (χ2n) is 12.6. The molecular formula is C31H62O5Si2. The van der Waals surface area contributed by atoms with Gasteiger partial charge in [0.05, 0.1) is 23.7 Å². The number of hydrogen-bond donors (Lipinski definition) is 1. The first kappa shape index (κ1) is 37.3.